The molecule has 0 spiro atoms. The molecule has 0 aliphatic rings. The Labute approximate surface area is 54.7 Å². The SMILES string of the molecule is O=[Si](O)O.[O]=[V]([OH])([OH])[OH]. The van der Waals surface area contributed by atoms with E-state index in [0.29, 0.717) is 0 Å². The van der Waals surface area contributed by atoms with E-state index in [0.717, 1.165) is 0 Å². The third kappa shape index (κ3) is 19300. The predicted molar refractivity (Wildman–Crippen MR) is 18.2 cm³/mol. The summed E-state index contributed by atoms with van der Waals surface area (Å²) in [6, 6.07) is 0. The first-order chi connectivity index (χ1) is 3.73. The Hall–Kier alpha value is -0.119. The first-order valence-electron chi connectivity index (χ1n) is 1.43. The summed E-state index contributed by atoms with van der Waals surface area (Å²) < 4.78 is 39.4. The van der Waals surface area contributed by atoms with Crippen LogP contribution in [0.15, 0.2) is 0 Å². The van der Waals surface area contributed by atoms with Crippen molar-refractivity contribution in [3.8, 4) is 0 Å². The minimum absolute atomic E-state index is 3.13. The molecule has 56 valence electrons. The normalized spacial score (nSPS) is 9.22. The van der Waals surface area contributed by atoms with E-state index in [4.69, 9.17) is 29.8 Å². The van der Waals surface area contributed by atoms with Crippen molar-refractivity contribution in [2.75, 3.05) is 0 Å². The third-order valence-corrected chi connectivity index (χ3v) is 0. The quantitative estimate of drug-likeness (QED) is 0.255. The minimum atomic E-state index is -5.12. The van der Waals surface area contributed by atoms with E-state index in [9.17, 15) is 0 Å². The van der Waals surface area contributed by atoms with Gasteiger partial charge in [-0.3, -0.25) is 4.46 Å². The summed E-state index contributed by atoms with van der Waals surface area (Å²) in [7, 11) is -3.13. The van der Waals surface area contributed by atoms with Crippen molar-refractivity contribution in [1.29, 1.82) is 0 Å². The van der Waals surface area contributed by atoms with Gasteiger partial charge in [0.2, 0.25) is 0 Å². The average Bonchev–Trinajstić information content (AvgIpc) is 1.19. The van der Waals surface area contributed by atoms with Gasteiger partial charge in [-0.25, -0.2) is 0 Å². The van der Waals surface area contributed by atoms with Crippen molar-refractivity contribution in [1.82, 2.24) is 0 Å². The van der Waals surface area contributed by atoms with Crippen LogP contribution in [0.5, 0.6) is 0 Å². The molecule has 0 rings (SSSR count). The van der Waals surface area contributed by atoms with Crippen molar-refractivity contribution >= 4 is 9.17 Å². The summed E-state index contributed by atoms with van der Waals surface area (Å²) >= 11 is -5.12. The van der Waals surface area contributed by atoms with Crippen molar-refractivity contribution in [2.24, 2.45) is 0 Å². The van der Waals surface area contributed by atoms with Crippen LogP contribution in [-0.2, 0) is 23.2 Å². The van der Waals surface area contributed by atoms with Gasteiger partial charge in [-0.05, 0) is 0 Å². The van der Waals surface area contributed by atoms with Crippen LogP contribution in [0.4, 0.5) is 0 Å². The van der Waals surface area contributed by atoms with Gasteiger partial charge in [0, 0.05) is 0 Å². The van der Waals surface area contributed by atoms with Crippen LogP contribution in [0.25, 0.3) is 0 Å². The summed E-state index contributed by atoms with van der Waals surface area (Å²) in [4.78, 5) is 14.3. The zero-order chi connectivity index (χ0) is 8.08. The second-order valence-electron chi connectivity index (χ2n) is 0.796. The molecular weight excluding hydrogens is 191 g/mol. The van der Waals surface area contributed by atoms with Gasteiger partial charge in [-0.1, -0.05) is 0 Å². The van der Waals surface area contributed by atoms with Gasteiger partial charge in [-0.15, -0.1) is 0 Å². The van der Waals surface area contributed by atoms with E-state index >= 15 is 0 Å². The fraction of sp³-hybridized carbons (Fsp3) is 0. The van der Waals surface area contributed by atoms with Crippen LogP contribution in [-0.4, -0.2) is 30.9 Å². The van der Waals surface area contributed by atoms with E-state index < -0.39 is 24.2 Å². The first kappa shape index (κ1) is 11.7. The van der Waals surface area contributed by atoms with Crippen molar-refractivity contribution in [3.63, 3.8) is 0 Å². The van der Waals surface area contributed by atoms with Crippen LogP contribution < -0.4 is 0 Å². The summed E-state index contributed by atoms with van der Waals surface area (Å²) in [6.07, 6.45) is 0. The van der Waals surface area contributed by atoms with Gasteiger partial charge in [0.1, 0.15) is 0 Å². The van der Waals surface area contributed by atoms with Crippen LogP contribution >= 0.6 is 0 Å². The van der Waals surface area contributed by atoms with Crippen LogP contribution in [0.3, 0.4) is 0 Å². The molecule has 0 aliphatic heterocycles. The molecule has 5 N–H and O–H groups in total. The zero-order valence-electron chi connectivity index (χ0n) is 4.00. The molecule has 0 fully saturated rings. The van der Waals surface area contributed by atoms with E-state index in [1.54, 1.807) is 0 Å². The molecule has 0 unspecified atom stereocenters. The Balaban J connectivity index is 0. The van der Waals surface area contributed by atoms with Crippen LogP contribution in [0.1, 0.15) is 0 Å². The van der Waals surface area contributed by atoms with Crippen molar-refractivity contribution < 1.29 is 44.8 Å². The van der Waals surface area contributed by atoms with Crippen LogP contribution in [0.2, 0.25) is 0 Å². The molecule has 0 atom stereocenters. The monoisotopic (exact) mass is 196 g/mol. The molecule has 0 radical (unpaired) electrons. The maximum absolute atomic E-state index is 8.94. The molecule has 0 aromatic carbocycles. The average molecular weight is 196 g/mol. The molecule has 7 nitrogen and oxygen atoms in total. The zero-order valence-corrected chi connectivity index (χ0v) is 6.40. The summed E-state index contributed by atoms with van der Waals surface area (Å²) in [5.74, 6) is 0. The number of hydrogen-bond donors (Lipinski definition) is 5. The Bertz CT molecular complexity index is 109. The van der Waals surface area contributed by atoms with Gasteiger partial charge in [0.05, 0.1) is 0 Å². The maximum atomic E-state index is 8.94. The van der Waals surface area contributed by atoms with Crippen LogP contribution in [0, 0.1) is 0 Å². The summed E-state index contributed by atoms with van der Waals surface area (Å²) in [6.45, 7) is 0. The molecule has 9 heteroatoms. The second kappa shape index (κ2) is 4.73. The molecule has 0 amide bonds. The molecule has 0 saturated heterocycles. The summed E-state index contributed by atoms with van der Waals surface area (Å²) in [5.41, 5.74) is 0. The van der Waals surface area contributed by atoms with Gasteiger partial charge < -0.3 is 9.59 Å². The fourth-order valence-corrected chi connectivity index (χ4v) is 0. The molecule has 0 aliphatic carbocycles. The van der Waals surface area contributed by atoms with Gasteiger partial charge in [-0.2, -0.15) is 0 Å². The molecule has 0 heterocycles. The molecule has 9 heavy (non-hydrogen) atoms. The summed E-state index contributed by atoms with van der Waals surface area (Å²) in [5, 5.41) is 0. The Morgan fingerprint density at radius 2 is 1.11 bits per heavy atom. The molecule has 0 saturated carbocycles. The molecular formula is H5O7SiV. The van der Waals surface area contributed by atoms with Gasteiger partial charge in [0.15, 0.2) is 0 Å². The Morgan fingerprint density at radius 3 is 1.11 bits per heavy atom. The van der Waals surface area contributed by atoms with Crippen molar-refractivity contribution in [3.05, 3.63) is 0 Å². The van der Waals surface area contributed by atoms with E-state index in [-0.39, 0.29) is 0 Å². The standard InChI is InChI=1S/H2O3Si.3H2O.O.V/c1-4(2)3;;;;;/h1-2H;3*1H2;;/q;;;;;+3/p-3. The predicted octanol–water partition coefficient (Wildman–Crippen LogP) is -3.41. The Kier molecular flexibility index (Phi) is 6.12. The van der Waals surface area contributed by atoms with E-state index in [1.165, 1.54) is 0 Å². The van der Waals surface area contributed by atoms with E-state index in [2.05, 4.69) is 0 Å². The molecule has 0 bridgehead atoms. The number of hydrogen-bond acceptors (Lipinski definition) is 2. The van der Waals surface area contributed by atoms with Crippen molar-refractivity contribution in [2.45, 2.75) is 0 Å². The van der Waals surface area contributed by atoms with Gasteiger partial charge in [0.25, 0.3) is 0 Å². The fourth-order valence-electron chi connectivity index (χ4n) is 0. The van der Waals surface area contributed by atoms with Gasteiger partial charge >= 0.3 is 40.0 Å². The third-order valence-electron chi connectivity index (χ3n) is 0. The number of rotatable bonds is 0. The second-order valence-corrected chi connectivity index (χ2v) is 2.96. The first-order valence-corrected chi connectivity index (χ1v) is 5.18. The molecule has 0 aromatic heterocycles. The Morgan fingerprint density at radius 1 is 1.11 bits per heavy atom. The topological polar surface area (TPSA) is 135 Å². The molecule has 0 aromatic rings. The van der Waals surface area contributed by atoms with E-state index in [1.807, 2.05) is 0 Å².